The van der Waals surface area contributed by atoms with Crippen molar-refractivity contribution in [3.05, 3.63) is 34.9 Å². The summed E-state index contributed by atoms with van der Waals surface area (Å²) < 4.78 is 0. The number of hydrogen-bond acceptors (Lipinski definition) is 2. The zero-order valence-corrected chi connectivity index (χ0v) is 14.2. The summed E-state index contributed by atoms with van der Waals surface area (Å²) in [5.74, 6) is 0. The van der Waals surface area contributed by atoms with Crippen LogP contribution in [0.2, 0.25) is 5.02 Å². The van der Waals surface area contributed by atoms with Crippen LogP contribution < -0.4 is 5.32 Å². The van der Waals surface area contributed by atoms with Gasteiger partial charge in [-0.05, 0) is 50.6 Å². The molecule has 2 rings (SSSR count). The Kier molecular flexibility index (Phi) is 7.01. The van der Waals surface area contributed by atoms with Gasteiger partial charge in [0.1, 0.15) is 0 Å². The molecule has 0 aliphatic heterocycles. The summed E-state index contributed by atoms with van der Waals surface area (Å²) in [6.45, 7) is 4.64. The molecular formula is C18H29ClN2. The Hall–Kier alpha value is -0.570. The van der Waals surface area contributed by atoms with E-state index in [0.29, 0.717) is 6.04 Å². The third-order valence-electron chi connectivity index (χ3n) is 4.82. The SMILES string of the molecule is CCN(CCC(NC)c1ccc(Cl)cc1)C1CCCCC1. The maximum atomic E-state index is 5.98. The van der Waals surface area contributed by atoms with Crippen LogP contribution in [0.1, 0.15) is 57.1 Å². The van der Waals surface area contributed by atoms with Crippen LogP contribution >= 0.6 is 11.6 Å². The van der Waals surface area contributed by atoms with E-state index in [2.05, 4.69) is 36.3 Å². The molecule has 1 aliphatic carbocycles. The summed E-state index contributed by atoms with van der Waals surface area (Å²) in [6, 6.07) is 9.48. The van der Waals surface area contributed by atoms with Gasteiger partial charge in [-0.3, -0.25) is 0 Å². The van der Waals surface area contributed by atoms with Crippen LogP contribution in [0.3, 0.4) is 0 Å². The highest BCUT2D eigenvalue weighted by molar-refractivity contribution is 6.30. The first-order valence-corrected chi connectivity index (χ1v) is 8.79. The zero-order valence-electron chi connectivity index (χ0n) is 13.4. The number of rotatable bonds is 7. The van der Waals surface area contributed by atoms with Gasteiger partial charge in [0.15, 0.2) is 0 Å². The molecule has 1 fully saturated rings. The minimum Gasteiger partial charge on any atom is -0.313 e. The van der Waals surface area contributed by atoms with Gasteiger partial charge in [0.2, 0.25) is 0 Å². The summed E-state index contributed by atoms with van der Waals surface area (Å²) >= 11 is 5.98. The quantitative estimate of drug-likeness (QED) is 0.789. The minimum atomic E-state index is 0.417. The average Bonchev–Trinajstić information content (AvgIpc) is 2.54. The largest absolute Gasteiger partial charge is 0.313 e. The average molecular weight is 309 g/mol. The predicted octanol–water partition coefficient (Wildman–Crippen LogP) is 4.65. The third-order valence-corrected chi connectivity index (χ3v) is 5.08. The smallest absolute Gasteiger partial charge is 0.0406 e. The normalized spacial score (nSPS) is 18.1. The molecule has 21 heavy (non-hydrogen) atoms. The van der Waals surface area contributed by atoms with Crippen molar-refractivity contribution in [1.82, 2.24) is 10.2 Å². The van der Waals surface area contributed by atoms with Crippen molar-refractivity contribution in [3.8, 4) is 0 Å². The molecule has 1 aromatic rings. The molecule has 1 atom stereocenters. The standard InChI is InChI=1S/C18H29ClN2/c1-3-21(17-7-5-4-6-8-17)14-13-18(20-2)15-9-11-16(19)12-10-15/h9-12,17-18,20H,3-8,13-14H2,1-2H3. The van der Waals surface area contributed by atoms with Gasteiger partial charge in [0.25, 0.3) is 0 Å². The van der Waals surface area contributed by atoms with Crippen LogP contribution in [0.15, 0.2) is 24.3 Å². The molecule has 1 aromatic carbocycles. The van der Waals surface area contributed by atoms with Crippen LogP contribution in [0, 0.1) is 0 Å². The van der Waals surface area contributed by atoms with E-state index < -0.39 is 0 Å². The molecule has 1 saturated carbocycles. The molecule has 1 unspecified atom stereocenters. The highest BCUT2D eigenvalue weighted by Gasteiger charge is 2.20. The van der Waals surface area contributed by atoms with Crippen molar-refractivity contribution in [2.75, 3.05) is 20.1 Å². The first-order chi connectivity index (χ1) is 10.2. The minimum absolute atomic E-state index is 0.417. The Morgan fingerprint density at radius 3 is 2.43 bits per heavy atom. The van der Waals surface area contributed by atoms with Gasteiger partial charge < -0.3 is 10.2 Å². The first-order valence-electron chi connectivity index (χ1n) is 8.41. The highest BCUT2D eigenvalue weighted by atomic mass is 35.5. The van der Waals surface area contributed by atoms with Gasteiger partial charge in [0, 0.05) is 23.7 Å². The summed E-state index contributed by atoms with van der Waals surface area (Å²) in [4.78, 5) is 2.68. The van der Waals surface area contributed by atoms with Crippen LogP contribution in [-0.2, 0) is 0 Å². The summed E-state index contributed by atoms with van der Waals surface area (Å²) in [5.41, 5.74) is 1.33. The molecule has 1 aliphatic rings. The number of nitrogens with one attached hydrogen (secondary N) is 1. The number of halogens is 1. The fraction of sp³-hybridized carbons (Fsp3) is 0.667. The van der Waals surface area contributed by atoms with Crippen LogP contribution in [0.4, 0.5) is 0 Å². The van der Waals surface area contributed by atoms with E-state index in [1.165, 1.54) is 50.8 Å². The molecule has 0 aromatic heterocycles. The van der Waals surface area contributed by atoms with Gasteiger partial charge in [-0.15, -0.1) is 0 Å². The fourth-order valence-corrected chi connectivity index (χ4v) is 3.64. The molecule has 118 valence electrons. The molecule has 2 nitrogen and oxygen atoms in total. The monoisotopic (exact) mass is 308 g/mol. The first kappa shape index (κ1) is 16.8. The van der Waals surface area contributed by atoms with Gasteiger partial charge in [-0.2, -0.15) is 0 Å². The van der Waals surface area contributed by atoms with E-state index in [-0.39, 0.29) is 0 Å². The van der Waals surface area contributed by atoms with Gasteiger partial charge >= 0.3 is 0 Å². The topological polar surface area (TPSA) is 15.3 Å². The number of benzene rings is 1. The van der Waals surface area contributed by atoms with Crippen LogP contribution in [0.25, 0.3) is 0 Å². The lowest BCUT2D eigenvalue weighted by atomic mass is 9.93. The molecule has 0 spiro atoms. The Labute approximate surface area is 134 Å². The van der Waals surface area contributed by atoms with Crippen LogP contribution in [0.5, 0.6) is 0 Å². The molecule has 0 heterocycles. The van der Waals surface area contributed by atoms with Crippen molar-refractivity contribution in [3.63, 3.8) is 0 Å². The van der Waals surface area contributed by atoms with Gasteiger partial charge in [-0.1, -0.05) is 49.9 Å². The second kappa shape index (κ2) is 8.77. The van der Waals surface area contributed by atoms with Crippen molar-refractivity contribution in [2.45, 2.75) is 57.5 Å². The maximum absolute atomic E-state index is 5.98. The van der Waals surface area contributed by atoms with E-state index in [1.807, 2.05) is 12.1 Å². The Morgan fingerprint density at radius 1 is 1.19 bits per heavy atom. The van der Waals surface area contributed by atoms with E-state index in [0.717, 1.165) is 17.5 Å². The Morgan fingerprint density at radius 2 is 1.86 bits per heavy atom. The Balaban J connectivity index is 1.90. The molecular weight excluding hydrogens is 280 g/mol. The molecule has 1 N–H and O–H groups in total. The van der Waals surface area contributed by atoms with E-state index in [4.69, 9.17) is 11.6 Å². The van der Waals surface area contributed by atoms with E-state index in [1.54, 1.807) is 0 Å². The lowest BCUT2D eigenvalue weighted by Gasteiger charge is -2.34. The lowest BCUT2D eigenvalue weighted by Crippen LogP contribution is -2.38. The third kappa shape index (κ3) is 4.98. The fourth-order valence-electron chi connectivity index (χ4n) is 3.51. The summed E-state index contributed by atoms with van der Waals surface area (Å²) in [6.07, 6.45) is 8.18. The zero-order chi connectivity index (χ0) is 15.1. The van der Waals surface area contributed by atoms with E-state index >= 15 is 0 Å². The molecule has 3 heteroatoms. The second-order valence-corrected chi connectivity index (χ2v) is 6.54. The summed E-state index contributed by atoms with van der Waals surface area (Å²) in [7, 11) is 2.05. The number of nitrogens with zero attached hydrogens (tertiary/aromatic N) is 1. The number of hydrogen-bond donors (Lipinski definition) is 1. The molecule has 0 amide bonds. The lowest BCUT2D eigenvalue weighted by molar-refractivity contribution is 0.157. The highest BCUT2D eigenvalue weighted by Crippen LogP contribution is 2.24. The Bertz CT molecular complexity index is 398. The van der Waals surface area contributed by atoms with Crippen LogP contribution in [-0.4, -0.2) is 31.1 Å². The van der Waals surface area contributed by atoms with Crippen molar-refractivity contribution >= 4 is 11.6 Å². The van der Waals surface area contributed by atoms with E-state index in [9.17, 15) is 0 Å². The second-order valence-electron chi connectivity index (χ2n) is 6.10. The van der Waals surface area contributed by atoms with Crippen molar-refractivity contribution in [2.24, 2.45) is 0 Å². The summed E-state index contributed by atoms with van der Waals surface area (Å²) in [5, 5.41) is 4.26. The van der Waals surface area contributed by atoms with Gasteiger partial charge in [0.05, 0.1) is 0 Å². The van der Waals surface area contributed by atoms with Gasteiger partial charge in [-0.25, -0.2) is 0 Å². The molecule has 0 bridgehead atoms. The maximum Gasteiger partial charge on any atom is 0.0406 e. The van der Waals surface area contributed by atoms with Crippen molar-refractivity contribution in [1.29, 1.82) is 0 Å². The van der Waals surface area contributed by atoms with Crippen molar-refractivity contribution < 1.29 is 0 Å². The molecule has 0 radical (unpaired) electrons. The predicted molar refractivity (Wildman–Crippen MR) is 92.0 cm³/mol. The molecule has 0 saturated heterocycles.